The second-order valence-electron chi connectivity index (χ2n) is 4.94. The molecular weight excluding hydrogens is 266 g/mol. The number of nitrogens with two attached hydrogens (primary N) is 1. The highest BCUT2D eigenvalue weighted by Crippen LogP contribution is 2.28. The van der Waals surface area contributed by atoms with Crippen LogP contribution in [0.1, 0.15) is 31.0 Å². The molecule has 1 heterocycles. The highest BCUT2D eigenvalue weighted by molar-refractivity contribution is 5.39. The number of hydrazine groups is 1. The molecule has 1 aromatic heterocycles. The van der Waals surface area contributed by atoms with E-state index in [1.165, 1.54) is 0 Å². The van der Waals surface area contributed by atoms with Crippen molar-refractivity contribution in [3.8, 4) is 11.6 Å². The van der Waals surface area contributed by atoms with Crippen LogP contribution in [0.25, 0.3) is 0 Å². The Kier molecular flexibility index (Phi) is 5.14. The van der Waals surface area contributed by atoms with Crippen molar-refractivity contribution >= 4 is 0 Å². The fraction of sp³-hybridized carbons (Fsp3) is 0.312. The third kappa shape index (κ3) is 3.71. The van der Waals surface area contributed by atoms with E-state index in [2.05, 4.69) is 10.4 Å². The minimum Gasteiger partial charge on any atom is -0.491 e. The van der Waals surface area contributed by atoms with E-state index in [1.54, 1.807) is 13.3 Å². The van der Waals surface area contributed by atoms with Crippen LogP contribution in [-0.4, -0.2) is 18.2 Å². The average Bonchev–Trinajstić information content (AvgIpc) is 2.49. The molecule has 0 radical (unpaired) electrons. The summed E-state index contributed by atoms with van der Waals surface area (Å²) in [6.07, 6.45) is 1.84. The summed E-state index contributed by atoms with van der Waals surface area (Å²) in [5.74, 6) is 7.11. The highest BCUT2D eigenvalue weighted by atomic mass is 16.5. The molecule has 112 valence electrons. The monoisotopic (exact) mass is 287 g/mol. The van der Waals surface area contributed by atoms with Gasteiger partial charge in [0.2, 0.25) is 5.88 Å². The number of rotatable bonds is 6. The molecule has 1 unspecified atom stereocenters. The lowest BCUT2D eigenvalue weighted by molar-refractivity contribution is 0.242. The van der Waals surface area contributed by atoms with Crippen LogP contribution in [0, 0.1) is 0 Å². The molecule has 5 nitrogen and oxygen atoms in total. The summed E-state index contributed by atoms with van der Waals surface area (Å²) in [6, 6.07) is 11.4. The zero-order chi connectivity index (χ0) is 15.2. The Morgan fingerprint density at radius 1 is 1.14 bits per heavy atom. The average molecular weight is 287 g/mol. The zero-order valence-electron chi connectivity index (χ0n) is 12.5. The third-order valence-electron chi connectivity index (χ3n) is 3.06. The maximum absolute atomic E-state index is 5.71. The molecule has 0 saturated heterocycles. The van der Waals surface area contributed by atoms with Gasteiger partial charge in [-0.25, -0.2) is 10.4 Å². The van der Waals surface area contributed by atoms with Crippen LogP contribution in [0.4, 0.5) is 0 Å². The molecule has 0 bridgehead atoms. The minimum absolute atomic E-state index is 0.151. The van der Waals surface area contributed by atoms with Gasteiger partial charge in [-0.3, -0.25) is 5.84 Å². The summed E-state index contributed by atoms with van der Waals surface area (Å²) in [5, 5.41) is 0. The number of pyridine rings is 1. The molecule has 0 aliphatic carbocycles. The molecule has 2 rings (SSSR count). The van der Waals surface area contributed by atoms with E-state index in [-0.39, 0.29) is 12.1 Å². The van der Waals surface area contributed by atoms with E-state index in [4.69, 9.17) is 15.3 Å². The van der Waals surface area contributed by atoms with Gasteiger partial charge in [0.15, 0.2) is 0 Å². The Morgan fingerprint density at radius 3 is 2.43 bits per heavy atom. The second-order valence-corrected chi connectivity index (χ2v) is 4.94. The van der Waals surface area contributed by atoms with Crippen LogP contribution >= 0.6 is 0 Å². The van der Waals surface area contributed by atoms with E-state index in [0.717, 1.165) is 16.9 Å². The van der Waals surface area contributed by atoms with Gasteiger partial charge in [0.1, 0.15) is 5.75 Å². The predicted octanol–water partition coefficient (Wildman–Crippen LogP) is 2.43. The number of nitrogens with zero attached hydrogens (tertiary/aromatic N) is 1. The van der Waals surface area contributed by atoms with E-state index >= 15 is 0 Å². The Balaban J connectivity index is 2.29. The molecule has 0 aliphatic heterocycles. The lowest BCUT2D eigenvalue weighted by atomic mass is 10.00. The van der Waals surface area contributed by atoms with Gasteiger partial charge in [-0.2, -0.15) is 0 Å². The van der Waals surface area contributed by atoms with Gasteiger partial charge in [-0.05, 0) is 37.6 Å². The fourth-order valence-electron chi connectivity index (χ4n) is 2.17. The van der Waals surface area contributed by atoms with E-state index in [0.29, 0.717) is 5.88 Å². The van der Waals surface area contributed by atoms with Crippen LogP contribution in [0.15, 0.2) is 42.6 Å². The molecule has 2 aromatic rings. The molecule has 0 aliphatic rings. The minimum atomic E-state index is -0.193. The number of ether oxygens (including phenoxy) is 2. The van der Waals surface area contributed by atoms with Crippen LogP contribution < -0.4 is 20.7 Å². The van der Waals surface area contributed by atoms with Crippen molar-refractivity contribution in [2.75, 3.05) is 7.11 Å². The summed E-state index contributed by atoms with van der Waals surface area (Å²) in [6.45, 7) is 4.00. The summed E-state index contributed by atoms with van der Waals surface area (Å²) >= 11 is 0. The molecule has 0 amide bonds. The van der Waals surface area contributed by atoms with Gasteiger partial charge in [0, 0.05) is 11.8 Å². The zero-order valence-corrected chi connectivity index (χ0v) is 12.5. The quantitative estimate of drug-likeness (QED) is 0.631. The largest absolute Gasteiger partial charge is 0.491 e. The van der Waals surface area contributed by atoms with Crippen molar-refractivity contribution in [3.05, 3.63) is 53.7 Å². The molecule has 0 fully saturated rings. The van der Waals surface area contributed by atoms with Gasteiger partial charge in [0.25, 0.3) is 0 Å². The molecule has 5 heteroatoms. The highest BCUT2D eigenvalue weighted by Gasteiger charge is 2.17. The Morgan fingerprint density at radius 2 is 1.86 bits per heavy atom. The van der Waals surface area contributed by atoms with Crippen molar-refractivity contribution in [1.82, 2.24) is 10.4 Å². The molecule has 0 spiro atoms. The predicted molar refractivity (Wildman–Crippen MR) is 82.2 cm³/mol. The van der Waals surface area contributed by atoms with Crippen LogP contribution in [0.2, 0.25) is 0 Å². The Labute approximate surface area is 125 Å². The Bertz CT molecular complexity index is 570. The van der Waals surface area contributed by atoms with Gasteiger partial charge in [-0.1, -0.05) is 18.2 Å². The second kappa shape index (κ2) is 7.06. The molecule has 0 saturated carbocycles. The van der Waals surface area contributed by atoms with E-state index in [9.17, 15) is 0 Å². The number of hydrogen-bond acceptors (Lipinski definition) is 5. The van der Waals surface area contributed by atoms with Crippen LogP contribution in [-0.2, 0) is 0 Å². The smallest absolute Gasteiger partial charge is 0.218 e. The summed E-state index contributed by atoms with van der Waals surface area (Å²) in [4.78, 5) is 4.21. The standard InChI is InChI=1S/C16H21N3O2/c1-11(2)21-13-8-6-12(7-9-13)15(19-17)14-5-4-10-18-16(14)20-3/h4-11,15,19H,17H2,1-3H3. The summed E-state index contributed by atoms with van der Waals surface area (Å²) < 4.78 is 10.9. The SMILES string of the molecule is COc1ncccc1C(NN)c1ccc(OC(C)C)cc1. The summed E-state index contributed by atoms with van der Waals surface area (Å²) in [7, 11) is 1.60. The van der Waals surface area contributed by atoms with E-state index < -0.39 is 0 Å². The molecule has 1 aromatic carbocycles. The fourth-order valence-corrected chi connectivity index (χ4v) is 2.17. The van der Waals surface area contributed by atoms with Crippen molar-refractivity contribution < 1.29 is 9.47 Å². The first-order valence-corrected chi connectivity index (χ1v) is 6.87. The first-order valence-electron chi connectivity index (χ1n) is 6.87. The molecule has 21 heavy (non-hydrogen) atoms. The van der Waals surface area contributed by atoms with Gasteiger partial charge in [0.05, 0.1) is 19.3 Å². The van der Waals surface area contributed by atoms with Gasteiger partial charge >= 0.3 is 0 Å². The number of benzene rings is 1. The van der Waals surface area contributed by atoms with Crippen molar-refractivity contribution in [3.63, 3.8) is 0 Å². The van der Waals surface area contributed by atoms with Crippen molar-refractivity contribution in [2.45, 2.75) is 26.0 Å². The lowest BCUT2D eigenvalue weighted by Crippen LogP contribution is -2.29. The molecular formula is C16H21N3O2. The topological polar surface area (TPSA) is 69.4 Å². The lowest BCUT2D eigenvalue weighted by Gasteiger charge is -2.19. The van der Waals surface area contributed by atoms with Gasteiger partial charge < -0.3 is 9.47 Å². The first kappa shape index (κ1) is 15.3. The van der Waals surface area contributed by atoms with Crippen LogP contribution in [0.3, 0.4) is 0 Å². The number of nitrogens with one attached hydrogen (secondary N) is 1. The van der Waals surface area contributed by atoms with Crippen molar-refractivity contribution in [1.29, 1.82) is 0 Å². The summed E-state index contributed by atoms with van der Waals surface area (Å²) in [5.41, 5.74) is 4.71. The maximum atomic E-state index is 5.71. The number of hydrogen-bond donors (Lipinski definition) is 2. The maximum Gasteiger partial charge on any atom is 0.218 e. The number of aromatic nitrogens is 1. The van der Waals surface area contributed by atoms with E-state index in [1.807, 2.05) is 50.2 Å². The first-order chi connectivity index (χ1) is 10.2. The van der Waals surface area contributed by atoms with Gasteiger partial charge in [-0.15, -0.1) is 0 Å². The third-order valence-corrected chi connectivity index (χ3v) is 3.06. The molecule has 3 N–H and O–H groups in total. The normalized spacial score (nSPS) is 12.2. The van der Waals surface area contributed by atoms with Crippen LogP contribution in [0.5, 0.6) is 11.6 Å². The molecule has 1 atom stereocenters. The number of methoxy groups -OCH3 is 1. The van der Waals surface area contributed by atoms with Crippen molar-refractivity contribution in [2.24, 2.45) is 5.84 Å². The Hall–Kier alpha value is -2.11.